The first-order valence-electron chi connectivity index (χ1n) is 9.20. The Bertz CT molecular complexity index is 743. The fourth-order valence-electron chi connectivity index (χ4n) is 2.92. The number of carbonyl (C=O) groups excluding carboxylic acids is 1. The second-order valence-corrected chi connectivity index (χ2v) is 6.37. The van der Waals surface area contributed by atoms with Crippen LogP contribution in [0.4, 0.5) is 4.79 Å². The van der Waals surface area contributed by atoms with E-state index in [1.54, 1.807) is 25.4 Å². The third kappa shape index (κ3) is 5.34. The first-order valence-corrected chi connectivity index (χ1v) is 9.20. The summed E-state index contributed by atoms with van der Waals surface area (Å²) in [6, 6.07) is 11.0. The fraction of sp³-hybridized carbons (Fsp3) is 0.400. The number of nitrogens with zero attached hydrogens (tertiary/aromatic N) is 3. The van der Waals surface area contributed by atoms with Gasteiger partial charge in [0.1, 0.15) is 11.5 Å². The van der Waals surface area contributed by atoms with Crippen molar-refractivity contribution in [2.75, 3.05) is 39.8 Å². The van der Waals surface area contributed by atoms with Gasteiger partial charge >= 0.3 is 6.03 Å². The van der Waals surface area contributed by atoms with Crippen molar-refractivity contribution in [1.29, 1.82) is 0 Å². The van der Waals surface area contributed by atoms with Crippen LogP contribution in [0.2, 0.25) is 0 Å². The minimum Gasteiger partial charge on any atom is -0.497 e. The van der Waals surface area contributed by atoms with Gasteiger partial charge in [-0.3, -0.25) is 0 Å². The van der Waals surface area contributed by atoms with Crippen LogP contribution in [0.15, 0.2) is 42.6 Å². The number of carbonyl (C=O) groups is 1. The number of amides is 2. The summed E-state index contributed by atoms with van der Waals surface area (Å²) in [7, 11) is 1.62. The molecule has 2 aromatic rings. The Hall–Kier alpha value is -2.80. The molecule has 0 atom stereocenters. The highest BCUT2D eigenvalue weighted by molar-refractivity contribution is 5.74. The number of benzene rings is 1. The van der Waals surface area contributed by atoms with E-state index in [9.17, 15) is 4.79 Å². The number of methoxy groups -OCH3 is 1. The molecule has 7 heteroatoms. The summed E-state index contributed by atoms with van der Waals surface area (Å²) >= 11 is 0. The quantitative estimate of drug-likeness (QED) is 0.847. The number of hydrogen-bond acceptors (Lipinski definition) is 5. The van der Waals surface area contributed by atoms with Crippen molar-refractivity contribution in [2.24, 2.45) is 0 Å². The highest BCUT2D eigenvalue weighted by Gasteiger charge is 2.19. The van der Waals surface area contributed by atoms with Crippen LogP contribution in [0.25, 0.3) is 0 Å². The molecule has 0 saturated carbocycles. The van der Waals surface area contributed by atoms with Crippen molar-refractivity contribution in [2.45, 2.75) is 13.5 Å². The van der Waals surface area contributed by atoms with E-state index in [4.69, 9.17) is 9.47 Å². The van der Waals surface area contributed by atoms with Crippen LogP contribution in [0.3, 0.4) is 0 Å². The number of pyridine rings is 1. The highest BCUT2D eigenvalue weighted by Crippen LogP contribution is 2.23. The van der Waals surface area contributed by atoms with Gasteiger partial charge < -0.3 is 24.6 Å². The summed E-state index contributed by atoms with van der Waals surface area (Å²) in [4.78, 5) is 20.8. The molecule has 0 radical (unpaired) electrons. The minimum absolute atomic E-state index is 0.0255. The summed E-state index contributed by atoms with van der Waals surface area (Å²) in [6.45, 7) is 7.02. The third-order valence-corrected chi connectivity index (χ3v) is 4.61. The Balaban J connectivity index is 1.48. The monoisotopic (exact) mass is 370 g/mol. The van der Waals surface area contributed by atoms with Crippen molar-refractivity contribution >= 4 is 6.03 Å². The lowest BCUT2D eigenvalue weighted by Gasteiger charge is -2.34. The molecule has 1 aromatic heterocycles. The smallest absolute Gasteiger partial charge is 0.317 e. The molecular weight excluding hydrogens is 344 g/mol. The van der Waals surface area contributed by atoms with E-state index in [0.717, 1.165) is 44.0 Å². The van der Waals surface area contributed by atoms with Crippen LogP contribution >= 0.6 is 0 Å². The van der Waals surface area contributed by atoms with Gasteiger partial charge in [-0.1, -0.05) is 19.1 Å². The normalized spacial score (nSPS) is 14.7. The number of likely N-dealkylation sites (N-methyl/N-ethyl adjacent to an activating group) is 1. The summed E-state index contributed by atoms with van der Waals surface area (Å²) in [5, 5.41) is 2.96. The average molecular weight is 370 g/mol. The predicted molar refractivity (Wildman–Crippen MR) is 103 cm³/mol. The van der Waals surface area contributed by atoms with Crippen LogP contribution < -0.4 is 14.8 Å². The molecule has 1 N–H and O–H groups in total. The van der Waals surface area contributed by atoms with Crippen LogP contribution in [0.5, 0.6) is 17.4 Å². The summed E-state index contributed by atoms with van der Waals surface area (Å²) in [6.07, 6.45) is 1.71. The van der Waals surface area contributed by atoms with Crippen LogP contribution in [-0.4, -0.2) is 60.6 Å². The van der Waals surface area contributed by atoms with E-state index in [1.807, 2.05) is 29.2 Å². The largest absolute Gasteiger partial charge is 0.497 e. The predicted octanol–water partition coefficient (Wildman–Crippen LogP) is 2.73. The molecule has 2 amide bonds. The Morgan fingerprint density at radius 1 is 1.15 bits per heavy atom. The zero-order valence-electron chi connectivity index (χ0n) is 15.9. The molecule has 0 spiro atoms. The van der Waals surface area contributed by atoms with E-state index in [0.29, 0.717) is 18.2 Å². The van der Waals surface area contributed by atoms with Gasteiger partial charge in [0.25, 0.3) is 0 Å². The van der Waals surface area contributed by atoms with Crippen LogP contribution in [0.1, 0.15) is 12.5 Å². The van der Waals surface area contributed by atoms with Crippen molar-refractivity contribution < 1.29 is 14.3 Å². The van der Waals surface area contributed by atoms with E-state index in [2.05, 4.69) is 22.1 Å². The zero-order valence-corrected chi connectivity index (χ0v) is 15.9. The highest BCUT2D eigenvalue weighted by atomic mass is 16.5. The SMILES string of the molecule is CCN1CCN(C(=O)NCc2ccc(Oc3cccc(OC)c3)nc2)CC1. The Morgan fingerprint density at radius 2 is 1.93 bits per heavy atom. The molecule has 0 aliphatic carbocycles. The molecule has 1 saturated heterocycles. The molecule has 27 heavy (non-hydrogen) atoms. The molecule has 3 rings (SSSR count). The first kappa shape index (κ1) is 19.0. The van der Waals surface area contributed by atoms with E-state index < -0.39 is 0 Å². The molecular formula is C20H26N4O3. The molecule has 1 aromatic carbocycles. The van der Waals surface area contributed by atoms with Gasteiger partial charge in [0.2, 0.25) is 5.88 Å². The average Bonchev–Trinajstić information content (AvgIpc) is 2.73. The Labute approximate surface area is 159 Å². The van der Waals surface area contributed by atoms with Gasteiger partial charge in [-0.2, -0.15) is 0 Å². The number of piperazine rings is 1. The van der Waals surface area contributed by atoms with Gasteiger partial charge in [0.15, 0.2) is 0 Å². The minimum atomic E-state index is -0.0255. The van der Waals surface area contributed by atoms with E-state index >= 15 is 0 Å². The fourth-order valence-corrected chi connectivity index (χ4v) is 2.92. The Kier molecular flexibility index (Phi) is 6.49. The molecule has 1 aliphatic rings. The molecule has 1 fully saturated rings. The standard InChI is InChI=1S/C20H26N4O3/c1-3-23-9-11-24(12-10-23)20(25)22-15-16-7-8-19(21-14-16)27-18-6-4-5-17(13-18)26-2/h4-8,13-14H,3,9-12,15H2,1-2H3,(H,22,25). The number of rotatable bonds is 6. The summed E-state index contributed by atoms with van der Waals surface area (Å²) < 4.78 is 10.9. The summed E-state index contributed by atoms with van der Waals surface area (Å²) in [5.41, 5.74) is 0.925. The Morgan fingerprint density at radius 3 is 2.59 bits per heavy atom. The first-order chi connectivity index (χ1) is 13.2. The summed E-state index contributed by atoms with van der Waals surface area (Å²) in [5.74, 6) is 1.88. The number of nitrogens with one attached hydrogen (secondary N) is 1. The van der Waals surface area contributed by atoms with Gasteiger partial charge in [-0.05, 0) is 24.2 Å². The lowest BCUT2D eigenvalue weighted by atomic mass is 10.3. The molecule has 144 valence electrons. The van der Waals surface area contributed by atoms with Gasteiger partial charge in [-0.15, -0.1) is 0 Å². The van der Waals surface area contributed by atoms with E-state index in [1.165, 1.54) is 0 Å². The van der Waals surface area contributed by atoms with Crippen molar-refractivity contribution in [3.63, 3.8) is 0 Å². The molecule has 1 aliphatic heterocycles. The maximum atomic E-state index is 12.3. The number of aromatic nitrogens is 1. The maximum absolute atomic E-state index is 12.3. The van der Waals surface area contributed by atoms with Crippen LogP contribution in [0, 0.1) is 0 Å². The second-order valence-electron chi connectivity index (χ2n) is 6.37. The topological polar surface area (TPSA) is 66.9 Å². The van der Waals surface area contributed by atoms with E-state index in [-0.39, 0.29) is 6.03 Å². The molecule has 0 bridgehead atoms. The lowest BCUT2D eigenvalue weighted by molar-refractivity contribution is 0.142. The van der Waals surface area contributed by atoms with Gasteiger partial charge in [-0.25, -0.2) is 9.78 Å². The van der Waals surface area contributed by atoms with Crippen molar-refractivity contribution in [3.8, 4) is 17.4 Å². The number of hydrogen-bond donors (Lipinski definition) is 1. The number of ether oxygens (including phenoxy) is 2. The van der Waals surface area contributed by atoms with Crippen LogP contribution in [-0.2, 0) is 6.54 Å². The van der Waals surface area contributed by atoms with Crippen molar-refractivity contribution in [3.05, 3.63) is 48.2 Å². The van der Waals surface area contributed by atoms with Gasteiger partial charge in [0, 0.05) is 51.1 Å². The second kappa shape index (κ2) is 9.23. The van der Waals surface area contributed by atoms with Gasteiger partial charge in [0.05, 0.1) is 7.11 Å². The number of urea groups is 1. The molecule has 2 heterocycles. The molecule has 0 unspecified atom stereocenters. The van der Waals surface area contributed by atoms with Crippen molar-refractivity contribution in [1.82, 2.24) is 20.1 Å². The molecule has 7 nitrogen and oxygen atoms in total. The zero-order chi connectivity index (χ0) is 19.1. The third-order valence-electron chi connectivity index (χ3n) is 4.61. The lowest BCUT2D eigenvalue weighted by Crippen LogP contribution is -2.51. The maximum Gasteiger partial charge on any atom is 0.317 e.